The Bertz CT molecular complexity index is 894. The van der Waals surface area contributed by atoms with Gasteiger partial charge in [-0.15, -0.1) is 11.3 Å². The van der Waals surface area contributed by atoms with Crippen molar-refractivity contribution in [1.82, 2.24) is 0 Å². The molecular weight excluding hydrogens is 346 g/mol. The van der Waals surface area contributed by atoms with Gasteiger partial charge in [0.15, 0.2) is 11.5 Å². The third-order valence-electron chi connectivity index (χ3n) is 4.63. The van der Waals surface area contributed by atoms with Gasteiger partial charge in [-0.2, -0.15) is 0 Å². The van der Waals surface area contributed by atoms with E-state index in [9.17, 15) is 14.7 Å². The predicted molar refractivity (Wildman–Crippen MR) is 105 cm³/mol. The van der Waals surface area contributed by atoms with Crippen LogP contribution in [0.1, 0.15) is 42.3 Å². The Morgan fingerprint density at radius 1 is 1.19 bits per heavy atom. The molecule has 0 bridgehead atoms. The smallest absolute Gasteiger partial charge is 0.294 e. The highest BCUT2D eigenvalue weighted by Gasteiger charge is 2.45. The van der Waals surface area contributed by atoms with Crippen LogP contribution in [0, 0.1) is 19.8 Å². The minimum Gasteiger partial charge on any atom is -0.503 e. The molecule has 1 N–H and O–H groups in total. The molecule has 0 saturated carbocycles. The average Bonchev–Trinajstić information content (AvgIpc) is 3.09. The van der Waals surface area contributed by atoms with E-state index < -0.39 is 17.7 Å². The van der Waals surface area contributed by atoms with Crippen molar-refractivity contribution in [3.05, 3.63) is 63.0 Å². The summed E-state index contributed by atoms with van der Waals surface area (Å²) < 4.78 is 0. The number of carbonyl (C=O) groups excluding carboxylic acids is 2. The van der Waals surface area contributed by atoms with E-state index in [-0.39, 0.29) is 17.3 Å². The zero-order valence-electron chi connectivity index (χ0n) is 15.4. The molecule has 1 aliphatic heterocycles. The number of aliphatic hydroxyl groups excluding tert-OH is 1. The fraction of sp³-hybridized carbons (Fsp3) is 0.333. The van der Waals surface area contributed by atoms with Gasteiger partial charge in [0, 0.05) is 17.0 Å². The molecular formula is C21H23NO3S. The van der Waals surface area contributed by atoms with Crippen LogP contribution in [-0.4, -0.2) is 16.8 Å². The Labute approximate surface area is 157 Å². The normalized spacial score (nSPS) is 17.5. The van der Waals surface area contributed by atoms with E-state index in [1.807, 2.05) is 63.4 Å². The number of thiophene rings is 1. The quantitative estimate of drug-likeness (QED) is 0.817. The number of aryl methyl sites for hydroxylation is 2. The maximum absolute atomic E-state index is 12.9. The molecule has 1 aromatic carbocycles. The molecule has 1 aromatic heterocycles. The summed E-state index contributed by atoms with van der Waals surface area (Å²) in [5.41, 5.74) is 2.87. The van der Waals surface area contributed by atoms with E-state index in [1.165, 1.54) is 11.3 Å². The Hall–Kier alpha value is -2.40. The number of carbonyl (C=O) groups is 2. The standard InChI is InChI=1S/C21H23NO3S/c1-12(2)11-16(23)17-18(20-14(4)9-10-26-20)22(21(25)19(17)24)15-8-6-5-7-13(15)3/h5-10,12,18,24H,11H2,1-4H3. The molecule has 3 rings (SSSR count). The first kappa shape index (κ1) is 18.4. The van der Waals surface area contributed by atoms with Crippen LogP contribution in [0.5, 0.6) is 0 Å². The van der Waals surface area contributed by atoms with Crippen molar-refractivity contribution < 1.29 is 14.7 Å². The van der Waals surface area contributed by atoms with Crippen LogP contribution < -0.4 is 4.90 Å². The van der Waals surface area contributed by atoms with Crippen molar-refractivity contribution in [2.24, 2.45) is 5.92 Å². The van der Waals surface area contributed by atoms with E-state index in [1.54, 1.807) is 4.90 Å². The van der Waals surface area contributed by atoms with Gasteiger partial charge >= 0.3 is 0 Å². The van der Waals surface area contributed by atoms with Crippen molar-refractivity contribution in [2.45, 2.75) is 40.2 Å². The average molecular weight is 369 g/mol. The zero-order valence-corrected chi connectivity index (χ0v) is 16.3. The predicted octanol–water partition coefficient (Wildman–Crippen LogP) is 4.88. The van der Waals surface area contributed by atoms with Gasteiger partial charge in [0.2, 0.25) is 0 Å². The number of Topliss-reactive ketones (excluding diaryl/α,β-unsaturated/α-hetero) is 1. The maximum atomic E-state index is 12.9. The van der Waals surface area contributed by atoms with Gasteiger partial charge in [-0.05, 0) is 48.4 Å². The fourth-order valence-corrected chi connectivity index (χ4v) is 4.39. The van der Waals surface area contributed by atoms with Gasteiger partial charge in [-0.25, -0.2) is 0 Å². The third kappa shape index (κ3) is 3.07. The van der Waals surface area contributed by atoms with Gasteiger partial charge in [0.05, 0.1) is 5.57 Å². The van der Waals surface area contributed by atoms with Crippen LogP contribution in [0.2, 0.25) is 0 Å². The summed E-state index contributed by atoms with van der Waals surface area (Å²) in [6.45, 7) is 7.80. The Kier molecular flexibility index (Phi) is 5.01. The van der Waals surface area contributed by atoms with E-state index in [0.29, 0.717) is 12.1 Å². The van der Waals surface area contributed by atoms with E-state index in [0.717, 1.165) is 16.0 Å². The van der Waals surface area contributed by atoms with Crippen LogP contribution in [0.25, 0.3) is 0 Å². The number of anilines is 1. The van der Waals surface area contributed by atoms with Crippen molar-refractivity contribution in [3.8, 4) is 0 Å². The van der Waals surface area contributed by atoms with E-state index in [4.69, 9.17) is 0 Å². The lowest BCUT2D eigenvalue weighted by Crippen LogP contribution is -2.31. The van der Waals surface area contributed by atoms with Gasteiger partial charge in [-0.1, -0.05) is 32.0 Å². The van der Waals surface area contributed by atoms with Crippen LogP contribution in [0.3, 0.4) is 0 Å². The molecule has 26 heavy (non-hydrogen) atoms. The number of para-hydroxylation sites is 1. The Morgan fingerprint density at radius 3 is 2.46 bits per heavy atom. The Morgan fingerprint density at radius 2 is 1.88 bits per heavy atom. The molecule has 0 spiro atoms. The second kappa shape index (κ2) is 7.08. The molecule has 1 amide bonds. The number of hydrogen-bond donors (Lipinski definition) is 1. The molecule has 1 unspecified atom stereocenters. The number of nitrogens with zero attached hydrogens (tertiary/aromatic N) is 1. The number of hydrogen-bond acceptors (Lipinski definition) is 4. The van der Waals surface area contributed by atoms with E-state index >= 15 is 0 Å². The molecule has 2 aromatic rings. The summed E-state index contributed by atoms with van der Waals surface area (Å²) in [6.07, 6.45) is 0.301. The molecule has 136 valence electrons. The second-order valence-corrected chi connectivity index (χ2v) is 8.06. The first-order valence-electron chi connectivity index (χ1n) is 8.72. The fourth-order valence-electron chi connectivity index (χ4n) is 3.37. The number of rotatable bonds is 5. The minimum atomic E-state index is -0.574. The summed E-state index contributed by atoms with van der Waals surface area (Å²) in [5, 5.41) is 12.5. The summed E-state index contributed by atoms with van der Waals surface area (Å²) in [5.74, 6) is -0.948. The SMILES string of the molecule is Cc1ccccc1N1C(=O)C(O)=C(C(=O)CC(C)C)C1c1sccc1C. The molecule has 4 nitrogen and oxygen atoms in total. The molecule has 0 fully saturated rings. The third-order valence-corrected chi connectivity index (χ3v) is 5.70. The molecule has 0 radical (unpaired) electrons. The van der Waals surface area contributed by atoms with Gasteiger partial charge in [0.25, 0.3) is 5.91 Å². The highest BCUT2D eigenvalue weighted by atomic mass is 32.1. The zero-order chi connectivity index (χ0) is 19.0. The summed E-state index contributed by atoms with van der Waals surface area (Å²) >= 11 is 1.50. The first-order valence-corrected chi connectivity index (χ1v) is 9.60. The van der Waals surface area contributed by atoms with Crippen LogP contribution >= 0.6 is 11.3 Å². The van der Waals surface area contributed by atoms with Crippen molar-refractivity contribution in [1.29, 1.82) is 0 Å². The summed E-state index contributed by atoms with van der Waals surface area (Å²) in [6, 6.07) is 8.94. The highest BCUT2D eigenvalue weighted by Crippen LogP contribution is 2.45. The van der Waals surface area contributed by atoms with Crippen molar-refractivity contribution >= 4 is 28.7 Å². The number of aliphatic hydroxyl groups is 1. The number of ketones is 1. The van der Waals surface area contributed by atoms with E-state index in [2.05, 4.69) is 0 Å². The molecule has 1 aliphatic rings. The molecule has 1 atom stereocenters. The number of benzene rings is 1. The first-order chi connectivity index (χ1) is 12.3. The molecule has 5 heteroatoms. The van der Waals surface area contributed by atoms with Gasteiger partial charge < -0.3 is 5.11 Å². The van der Waals surface area contributed by atoms with Crippen LogP contribution in [0.4, 0.5) is 5.69 Å². The topological polar surface area (TPSA) is 57.6 Å². The van der Waals surface area contributed by atoms with Gasteiger partial charge in [-0.3, -0.25) is 14.5 Å². The number of amides is 1. The summed E-state index contributed by atoms with van der Waals surface area (Å²) in [4.78, 5) is 28.3. The van der Waals surface area contributed by atoms with Crippen molar-refractivity contribution in [2.75, 3.05) is 4.90 Å². The minimum absolute atomic E-state index is 0.149. The van der Waals surface area contributed by atoms with Gasteiger partial charge in [0.1, 0.15) is 6.04 Å². The van der Waals surface area contributed by atoms with Crippen LogP contribution in [-0.2, 0) is 9.59 Å². The highest BCUT2D eigenvalue weighted by molar-refractivity contribution is 7.10. The lowest BCUT2D eigenvalue weighted by atomic mass is 9.94. The monoisotopic (exact) mass is 369 g/mol. The molecule has 0 aliphatic carbocycles. The van der Waals surface area contributed by atoms with Crippen molar-refractivity contribution in [3.63, 3.8) is 0 Å². The van der Waals surface area contributed by atoms with Crippen LogP contribution in [0.15, 0.2) is 47.0 Å². The summed E-state index contributed by atoms with van der Waals surface area (Å²) in [7, 11) is 0. The molecule has 2 heterocycles. The lowest BCUT2D eigenvalue weighted by Gasteiger charge is -2.28. The largest absolute Gasteiger partial charge is 0.503 e. The second-order valence-electron chi connectivity index (χ2n) is 7.12. The Balaban J connectivity index is 2.18. The lowest BCUT2D eigenvalue weighted by molar-refractivity contribution is -0.118. The maximum Gasteiger partial charge on any atom is 0.294 e. The molecule has 0 saturated heterocycles.